The van der Waals surface area contributed by atoms with Crippen LogP contribution in [0.5, 0.6) is 0 Å². The summed E-state index contributed by atoms with van der Waals surface area (Å²) >= 11 is 3.33. The van der Waals surface area contributed by atoms with Crippen LogP contribution in [0.1, 0.15) is 27.9 Å². The van der Waals surface area contributed by atoms with Crippen LogP contribution in [0.25, 0.3) is 10.2 Å². The molecule has 1 aliphatic rings. The summed E-state index contributed by atoms with van der Waals surface area (Å²) in [4.78, 5) is 43.5. The molecule has 1 aromatic heterocycles. The summed E-state index contributed by atoms with van der Waals surface area (Å²) in [7, 11) is 0. The minimum absolute atomic E-state index is 0.0189. The van der Waals surface area contributed by atoms with Crippen LogP contribution in [0.4, 0.5) is 5.69 Å². The van der Waals surface area contributed by atoms with E-state index in [-0.39, 0.29) is 24.1 Å². The zero-order chi connectivity index (χ0) is 24.4. The molecule has 5 rings (SSSR count). The van der Waals surface area contributed by atoms with Crippen molar-refractivity contribution in [2.45, 2.75) is 29.5 Å². The maximum Gasteiger partial charge on any atom is 0.265 e. The van der Waals surface area contributed by atoms with E-state index in [0.29, 0.717) is 11.3 Å². The molecule has 3 aromatic carbocycles. The fourth-order valence-electron chi connectivity index (χ4n) is 3.74. The molecule has 9 heteroatoms. The molecular weight excluding hydrogens is 480 g/mol. The SMILES string of the molecule is Cc1ccc(N2C(=O)CC(NNC(=O)c3ccc(CSc4nc5ccccc5s4)cc3)C2=O)cc1. The van der Waals surface area contributed by atoms with Gasteiger partial charge < -0.3 is 0 Å². The van der Waals surface area contributed by atoms with Crippen LogP contribution in [0.3, 0.4) is 0 Å². The molecule has 1 fully saturated rings. The van der Waals surface area contributed by atoms with Gasteiger partial charge in [-0.2, -0.15) is 0 Å². The van der Waals surface area contributed by atoms with Gasteiger partial charge in [0.05, 0.1) is 22.3 Å². The molecule has 1 unspecified atom stereocenters. The second-order valence-corrected chi connectivity index (χ2v) is 10.4. The molecule has 7 nitrogen and oxygen atoms in total. The summed E-state index contributed by atoms with van der Waals surface area (Å²) in [6.07, 6.45) is -0.0189. The van der Waals surface area contributed by atoms with Gasteiger partial charge in [0, 0.05) is 11.3 Å². The van der Waals surface area contributed by atoms with E-state index < -0.39 is 6.04 Å². The molecule has 0 spiro atoms. The molecule has 0 bridgehead atoms. The van der Waals surface area contributed by atoms with Crippen molar-refractivity contribution in [2.24, 2.45) is 0 Å². The van der Waals surface area contributed by atoms with Crippen molar-refractivity contribution in [2.75, 3.05) is 4.90 Å². The molecule has 3 amide bonds. The van der Waals surface area contributed by atoms with Gasteiger partial charge in [0.15, 0.2) is 4.34 Å². The first-order valence-electron chi connectivity index (χ1n) is 11.0. The number of aromatic nitrogens is 1. The van der Waals surface area contributed by atoms with Crippen molar-refractivity contribution in [3.63, 3.8) is 0 Å². The molecule has 0 aliphatic carbocycles. The first-order valence-corrected chi connectivity index (χ1v) is 12.8. The highest BCUT2D eigenvalue weighted by molar-refractivity contribution is 8.00. The van der Waals surface area contributed by atoms with E-state index in [2.05, 4.69) is 21.9 Å². The predicted octanol–water partition coefficient (Wildman–Crippen LogP) is 4.46. The number of hydrogen-bond donors (Lipinski definition) is 2. The zero-order valence-electron chi connectivity index (χ0n) is 18.9. The van der Waals surface area contributed by atoms with Gasteiger partial charge in [-0.15, -0.1) is 11.3 Å². The summed E-state index contributed by atoms with van der Waals surface area (Å²) in [5, 5.41) is 0. The first-order chi connectivity index (χ1) is 17.0. The Kier molecular flexibility index (Phi) is 6.63. The van der Waals surface area contributed by atoms with Gasteiger partial charge in [0.2, 0.25) is 5.91 Å². The number of rotatable bonds is 7. The highest BCUT2D eigenvalue weighted by Crippen LogP contribution is 2.31. The lowest BCUT2D eigenvalue weighted by Crippen LogP contribution is -2.48. The Hall–Kier alpha value is -3.53. The Bertz CT molecular complexity index is 1370. The van der Waals surface area contributed by atoms with E-state index in [0.717, 1.165) is 31.6 Å². The number of anilines is 1. The maximum atomic E-state index is 12.7. The van der Waals surface area contributed by atoms with Crippen LogP contribution < -0.4 is 15.8 Å². The first kappa shape index (κ1) is 23.2. The molecule has 176 valence electrons. The van der Waals surface area contributed by atoms with E-state index in [1.165, 1.54) is 4.70 Å². The average Bonchev–Trinajstić information content (AvgIpc) is 3.41. The number of fused-ring (bicyclic) bond motifs is 1. The van der Waals surface area contributed by atoms with Crippen molar-refractivity contribution < 1.29 is 14.4 Å². The van der Waals surface area contributed by atoms with Crippen molar-refractivity contribution >= 4 is 56.7 Å². The topological polar surface area (TPSA) is 91.4 Å². The Labute approximate surface area is 210 Å². The number of carbonyl (C=O) groups excluding carboxylic acids is 3. The largest absolute Gasteiger partial charge is 0.287 e. The van der Waals surface area contributed by atoms with Crippen LogP contribution >= 0.6 is 23.1 Å². The monoisotopic (exact) mass is 502 g/mol. The van der Waals surface area contributed by atoms with Gasteiger partial charge in [0.25, 0.3) is 11.8 Å². The summed E-state index contributed by atoms with van der Waals surface area (Å²) < 4.78 is 2.17. The smallest absolute Gasteiger partial charge is 0.265 e. The standard InChI is InChI=1S/C26H22N4O3S2/c1-16-6-12-19(13-7-16)30-23(31)14-21(25(30)33)28-29-24(32)18-10-8-17(9-11-18)15-34-26-27-20-4-2-3-5-22(20)35-26/h2-13,21,28H,14-15H2,1H3,(H,29,32). The average molecular weight is 503 g/mol. The minimum Gasteiger partial charge on any atom is -0.287 e. The summed E-state index contributed by atoms with van der Waals surface area (Å²) in [5.41, 5.74) is 9.39. The number of para-hydroxylation sites is 1. The molecule has 0 radical (unpaired) electrons. The van der Waals surface area contributed by atoms with Gasteiger partial charge in [0.1, 0.15) is 6.04 Å². The summed E-state index contributed by atoms with van der Waals surface area (Å²) in [6.45, 7) is 1.94. The van der Waals surface area contributed by atoms with E-state index >= 15 is 0 Å². The molecule has 2 heterocycles. The molecule has 2 N–H and O–H groups in total. The van der Waals surface area contributed by atoms with Crippen LogP contribution in [-0.2, 0) is 15.3 Å². The normalized spacial score (nSPS) is 15.7. The number of thiazole rings is 1. The van der Waals surface area contributed by atoms with Crippen LogP contribution in [0.15, 0.2) is 77.1 Å². The number of nitrogens with one attached hydrogen (secondary N) is 2. The number of imide groups is 1. The Balaban J connectivity index is 1.15. The van der Waals surface area contributed by atoms with Crippen molar-refractivity contribution in [1.29, 1.82) is 0 Å². The summed E-state index contributed by atoms with van der Waals surface area (Å²) in [6, 6.07) is 21.7. The molecular formula is C26H22N4O3S2. The molecule has 1 aliphatic heterocycles. The highest BCUT2D eigenvalue weighted by Gasteiger charge is 2.39. The third-order valence-electron chi connectivity index (χ3n) is 5.65. The van der Waals surface area contributed by atoms with Gasteiger partial charge in [-0.25, -0.2) is 15.3 Å². The van der Waals surface area contributed by atoms with Crippen molar-refractivity contribution in [3.8, 4) is 0 Å². The van der Waals surface area contributed by atoms with E-state index in [1.807, 2.05) is 49.4 Å². The number of carbonyl (C=O) groups is 3. The molecule has 1 saturated heterocycles. The predicted molar refractivity (Wildman–Crippen MR) is 138 cm³/mol. The molecule has 0 saturated carbocycles. The fourth-order valence-corrected chi connectivity index (χ4v) is 5.77. The second kappa shape index (κ2) is 9.99. The third kappa shape index (κ3) is 5.12. The number of thioether (sulfide) groups is 1. The van der Waals surface area contributed by atoms with Crippen LogP contribution in [-0.4, -0.2) is 28.7 Å². The highest BCUT2D eigenvalue weighted by atomic mass is 32.2. The zero-order valence-corrected chi connectivity index (χ0v) is 20.5. The van der Waals surface area contributed by atoms with Gasteiger partial charge in [-0.05, 0) is 48.9 Å². The number of amides is 3. The molecule has 1 atom stereocenters. The number of benzene rings is 3. The van der Waals surface area contributed by atoms with Crippen molar-refractivity contribution in [3.05, 3.63) is 89.5 Å². The Morgan fingerprint density at radius 1 is 1.06 bits per heavy atom. The molecule has 4 aromatic rings. The lowest BCUT2D eigenvalue weighted by molar-refractivity contribution is -0.121. The Morgan fingerprint density at radius 3 is 2.54 bits per heavy atom. The summed E-state index contributed by atoms with van der Waals surface area (Å²) in [5.74, 6) is -0.320. The van der Waals surface area contributed by atoms with Gasteiger partial charge in [-0.3, -0.25) is 19.8 Å². The van der Waals surface area contributed by atoms with E-state index in [1.54, 1.807) is 47.4 Å². The van der Waals surface area contributed by atoms with E-state index in [9.17, 15) is 14.4 Å². The lowest BCUT2D eigenvalue weighted by Gasteiger charge is -2.16. The number of hydrogen-bond acceptors (Lipinski definition) is 7. The maximum absolute atomic E-state index is 12.7. The number of aryl methyl sites for hydroxylation is 1. The van der Waals surface area contributed by atoms with Gasteiger partial charge in [-0.1, -0.05) is 53.7 Å². The Morgan fingerprint density at radius 2 is 1.80 bits per heavy atom. The lowest BCUT2D eigenvalue weighted by atomic mass is 10.1. The van der Waals surface area contributed by atoms with Gasteiger partial charge >= 0.3 is 0 Å². The quantitative estimate of drug-likeness (QED) is 0.220. The third-order valence-corrected chi connectivity index (χ3v) is 7.90. The number of nitrogens with zero attached hydrogens (tertiary/aromatic N) is 2. The molecule has 35 heavy (non-hydrogen) atoms. The van der Waals surface area contributed by atoms with Crippen LogP contribution in [0.2, 0.25) is 0 Å². The fraction of sp³-hybridized carbons (Fsp3) is 0.154. The van der Waals surface area contributed by atoms with E-state index in [4.69, 9.17) is 0 Å². The second-order valence-electron chi connectivity index (χ2n) is 8.19. The van der Waals surface area contributed by atoms with Crippen LogP contribution in [0, 0.1) is 6.92 Å². The minimum atomic E-state index is -0.808. The van der Waals surface area contributed by atoms with Crippen molar-refractivity contribution in [1.82, 2.24) is 15.8 Å². The number of hydrazine groups is 1.